The Bertz CT molecular complexity index is 722. The molecular formula is C21H31N5. The van der Waals surface area contributed by atoms with Crippen LogP contribution >= 0.6 is 0 Å². The first-order valence-corrected chi connectivity index (χ1v) is 9.79. The Morgan fingerprint density at radius 1 is 1.23 bits per heavy atom. The molecule has 0 amide bonds. The number of guanidine groups is 1. The van der Waals surface area contributed by atoms with Gasteiger partial charge in [-0.05, 0) is 44.2 Å². The molecule has 3 rings (SSSR count). The van der Waals surface area contributed by atoms with Gasteiger partial charge < -0.3 is 15.5 Å². The van der Waals surface area contributed by atoms with Gasteiger partial charge >= 0.3 is 0 Å². The minimum absolute atomic E-state index is 0.671. The molecule has 5 nitrogen and oxygen atoms in total. The molecule has 1 aromatic carbocycles. The molecule has 0 saturated carbocycles. The van der Waals surface area contributed by atoms with E-state index in [0.29, 0.717) is 6.54 Å². The van der Waals surface area contributed by atoms with Gasteiger partial charge in [0, 0.05) is 37.8 Å². The van der Waals surface area contributed by atoms with Crippen LogP contribution in [0.4, 0.5) is 0 Å². The minimum Gasteiger partial charge on any atom is -0.356 e. The van der Waals surface area contributed by atoms with Crippen molar-refractivity contribution in [2.75, 3.05) is 26.7 Å². The Hall–Kier alpha value is -2.14. The Balaban J connectivity index is 1.44. The molecule has 1 aromatic heterocycles. The van der Waals surface area contributed by atoms with Gasteiger partial charge in [0.1, 0.15) is 0 Å². The molecule has 5 heteroatoms. The number of fused-ring (bicyclic) bond motifs is 1. The normalized spacial score (nSPS) is 18.8. The van der Waals surface area contributed by atoms with Crippen LogP contribution in [-0.2, 0) is 6.54 Å². The van der Waals surface area contributed by atoms with Gasteiger partial charge in [-0.1, -0.05) is 30.7 Å². The Labute approximate surface area is 156 Å². The van der Waals surface area contributed by atoms with Crippen molar-refractivity contribution in [3.05, 3.63) is 42.2 Å². The fourth-order valence-electron chi connectivity index (χ4n) is 3.69. The summed E-state index contributed by atoms with van der Waals surface area (Å²) in [6.45, 7) is 6.37. The highest BCUT2D eigenvalue weighted by Crippen LogP contribution is 2.16. The molecule has 1 aliphatic rings. The van der Waals surface area contributed by atoms with Crippen molar-refractivity contribution < 1.29 is 0 Å². The van der Waals surface area contributed by atoms with E-state index in [9.17, 15) is 0 Å². The summed E-state index contributed by atoms with van der Waals surface area (Å²) in [7, 11) is 1.82. The quantitative estimate of drug-likeness (QED) is 0.476. The number of aliphatic imine (C=N–C) groups is 1. The van der Waals surface area contributed by atoms with Crippen LogP contribution in [-0.4, -0.2) is 48.6 Å². The number of benzene rings is 1. The van der Waals surface area contributed by atoms with Crippen LogP contribution < -0.4 is 10.6 Å². The van der Waals surface area contributed by atoms with Crippen molar-refractivity contribution in [2.24, 2.45) is 4.99 Å². The van der Waals surface area contributed by atoms with Crippen molar-refractivity contribution in [1.29, 1.82) is 0 Å². The zero-order valence-corrected chi connectivity index (χ0v) is 16.0. The summed E-state index contributed by atoms with van der Waals surface area (Å²) >= 11 is 0. The number of likely N-dealkylation sites (tertiary alicyclic amines) is 1. The van der Waals surface area contributed by atoms with Crippen molar-refractivity contribution in [1.82, 2.24) is 20.5 Å². The maximum absolute atomic E-state index is 4.53. The molecule has 2 heterocycles. The number of nitrogens with one attached hydrogen (secondary N) is 2. The molecule has 1 saturated heterocycles. The largest absolute Gasteiger partial charge is 0.356 e. The molecular weight excluding hydrogens is 322 g/mol. The molecule has 0 aliphatic carbocycles. The van der Waals surface area contributed by atoms with Crippen molar-refractivity contribution in [2.45, 2.75) is 45.2 Å². The van der Waals surface area contributed by atoms with Crippen LogP contribution in [0.2, 0.25) is 0 Å². The minimum atomic E-state index is 0.671. The molecule has 0 spiro atoms. The lowest BCUT2D eigenvalue weighted by Gasteiger charge is -2.33. The van der Waals surface area contributed by atoms with Gasteiger partial charge in [-0.2, -0.15) is 0 Å². The third kappa shape index (κ3) is 4.94. The summed E-state index contributed by atoms with van der Waals surface area (Å²) in [5.74, 6) is 0.839. The van der Waals surface area contributed by atoms with Crippen molar-refractivity contribution >= 4 is 16.7 Å². The van der Waals surface area contributed by atoms with E-state index in [1.54, 1.807) is 0 Å². The van der Waals surface area contributed by atoms with Crippen LogP contribution in [0.1, 0.15) is 38.3 Å². The summed E-state index contributed by atoms with van der Waals surface area (Å²) in [5.41, 5.74) is 1.05. The van der Waals surface area contributed by atoms with Crippen molar-refractivity contribution in [3.63, 3.8) is 0 Å². The lowest BCUT2D eigenvalue weighted by Crippen LogP contribution is -2.41. The van der Waals surface area contributed by atoms with Gasteiger partial charge in [0.2, 0.25) is 0 Å². The topological polar surface area (TPSA) is 52.6 Å². The fourth-order valence-corrected chi connectivity index (χ4v) is 3.69. The van der Waals surface area contributed by atoms with E-state index in [1.807, 2.05) is 19.3 Å². The van der Waals surface area contributed by atoms with Crippen LogP contribution in [0.15, 0.2) is 41.5 Å². The molecule has 1 atom stereocenters. The van der Waals surface area contributed by atoms with E-state index in [-0.39, 0.29) is 0 Å². The van der Waals surface area contributed by atoms with Gasteiger partial charge in [-0.25, -0.2) is 0 Å². The maximum atomic E-state index is 4.53. The average Bonchev–Trinajstić information content (AvgIpc) is 2.68. The van der Waals surface area contributed by atoms with Crippen LogP contribution in [0.25, 0.3) is 10.8 Å². The lowest BCUT2D eigenvalue weighted by molar-refractivity contribution is 0.159. The van der Waals surface area contributed by atoms with E-state index in [4.69, 9.17) is 0 Å². The number of aromatic nitrogens is 1. The van der Waals surface area contributed by atoms with E-state index in [1.165, 1.54) is 36.6 Å². The molecule has 2 aromatic rings. The highest BCUT2D eigenvalue weighted by molar-refractivity contribution is 5.85. The zero-order chi connectivity index (χ0) is 18.2. The highest BCUT2D eigenvalue weighted by Gasteiger charge is 2.17. The smallest absolute Gasteiger partial charge is 0.191 e. The Morgan fingerprint density at radius 2 is 2.12 bits per heavy atom. The van der Waals surface area contributed by atoms with E-state index in [0.717, 1.165) is 37.2 Å². The summed E-state index contributed by atoms with van der Waals surface area (Å²) < 4.78 is 0. The second kappa shape index (κ2) is 9.53. The summed E-state index contributed by atoms with van der Waals surface area (Å²) in [6.07, 6.45) is 7.08. The molecule has 1 unspecified atom stereocenters. The molecule has 2 N–H and O–H groups in total. The predicted octanol–water partition coefficient (Wildman–Crippen LogP) is 3.16. The Kier molecular flexibility index (Phi) is 6.83. The van der Waals surface area contributed by atoms with E-state index < -0.39 is 0 Å². The molecule has 26 heavy (non-hydrogen) atoms. The van der Waals surface area contributed by atoms with Gasteiger partial charge in [-0.3, -0.25) is 9.98 Å². The van der Waals surface area contributed by atoms with Crippen LogP contribution in [0.3, 0.4) is 0 Å². The zero-order valence-electron chi connectivity index (χ0n) is 16.0. The molecule has 1 aliphatic heterocycles. The summed E-state index contributed by atoms with van der Waals surface area (Å²) in [4.78, 5) is 11.5. The van der Waals surface area contributed by atoms with Crippen molar-refractivity contribution in [3.8, 4) is 0 Å². The van der Waals surface area contributed by atoms with Crippen LogP contribution in [0.5, 0.6) is 0 Å². The monoisotopic (exact) mass is 353 g/mol. The van der Waals surface area contributed by atoms with Gasteiger partial charge in [-0.15, -0.1) is 0 Å². The fraction of sp³-hybridized carbons (Fsp3) is 0.524. The number of pyridine rings is 1. The average molecular weight is 354 g/mol. The first kappa shape index (κ1) is 18.6. The van der Waals surface area contributed by atoms with Crippen LogP contribution in [0, 0.1) is 0 Å². The number of nitrogens with zero attached hydrogens (tertiary/aromatic N) is 3. The number of hydrogen-bond acceptors (Lipinski definition) is 3. The molecule has 0 bridgehead atoms. The molecule has 0 radical (unpaired) electrons. The third-order valence-electron chi connectivity index (χ3n) is 5.26. The number of rotatable bonds is 6. The van der Waals surface area contributed by atoms with E-state index >= 15 is 0 Å². The standard InChI is InChI=1S/C21H31N5/c1-17-8-5-6-14-26(17)15-7-12-24-21(22-2)25-16-20-19-10-4-3-9-18(19)11-13-23-20/h3-4,9-11,13,17H,5-8,12,14-16H2,1-2H3,(H2,22,24,25). The second-order valence-corrected chi connectivity index (χ2v) is 7.07. The first-order chi connectivity index (χ1) is 12.8. The third-order valence-corrected chi connectivity index (χ3v) is 5.26. The first-order valence-electron chi connectivity index (χ1n) is 9.79. The van der Waals surface area contributed by atoms with Gasteiger partial charge in [0.15, 0.2) is 5.96 Å². The lowest BCUT2D eigenvalue weighted by atomic mass is 10.0. The Morgan fingerprint density at radius 3 is 2.96 bits per heavy atom. The maximum Gasteiger partial charge on any atom is 0.191 e. The number of piperidine rings is 1. The molecule has 140 valence electrons. The van der Waals surface area contributed by atoms with Gasteiger partial charge in [0.25, 0.3) is 0 Å². The SMILES string of the molecule is CN=C(NCCCN1CCCCC1C)NCc1nccc2ccccc12. The number of hydrogen-bond donors (Lipinski definition) is 2. The summed E-state index contributed by atoms with van der Waals surface area (Å²) in [6, 6.07) is 11.1. The summed E-state index contributed by atoms with van der Waals surface area (Å²) in [5, 5.41) is 9.23. The second-order valence-electron chi connectivity index (χ2n) is 7.07. The predicted molar refractivity (Wildman–Crippen MR) is 109 cm³/mol. The van der Waals surface area contributed by atoms with Gasteiger partial charge in [0.05, 0.1) is 12.2 Å². The van der Waals surface area contributed by atoms with E-state index in [2.05, 4.69) is 56.7 Å². The highest BCUT2D eigenvalue weighted by atomic mass is 15.2. The molecule has 1 fully saturated rings.